The van der Waals surface area contributed by atoms with Crippen molar-refractivity contribution >= 4 is 23.4 Å². The summed E-state index contributed by atoms with van der Waals surface area (Å²) in [5.41, 5.74) is -0.857. The molecule has 0 spiro atoms. The van der Waals surface area contributed by atoms with Crippen LogP contribution >= 0.6 is 0 Å². The summed E-state index contributed by atoms with van der Waals surface area (Å²) < 4.78 is 45.2. The number of hydrogen-bond acceptors (Lipinski definition) is 3. The summed E-state index contributed by atoms with van der Waals surface area (Å²) in [5, 5.41) is 2.33. The number of fused-ring (bicyclic) bond motifs is 1. The van der Waals surface area contributed by atoms with Crippen LogP contribution in [0.15, 0.2) is 48.5 Å². The van der Waals surface area contributed by atoms with Gasteiger partial charge in [-0.05, 0) is 44.5 Å². The first-order valence-electron chi connectivity index (χ1n) is 9.04. The molecule has 0 saturated carbocycles. The summed E-state index contributed by atoms with van der Waals surface area (Å²) in [6.07, 6.45) is -5.17. The summed E-state index contributed by atoms with van der Waals surface area (Å²) >= 11 is 0. The molecule has 0 aromatic heterocycles. The Morgan fingerprint density at radius 1 is 1.03 bits per heavy atom. The number of benzene rings is 2. The van der Waals surface area contributed by atoms with E-state index in [9.17, 15) is 22.8 Å². The zero-order valence-electron chi connectivity index (χ0n) is 16.2. The van der Waals surface area contributed by atoms with Gasteiger partial charge in [0, 0.05) is 6.42 Å². The zero-order valence-corrected chi connectivity index (χ0v) is 16.2. The SMILES string of the molecule is CC(C)(C)OC(=O)N1c2ccccc2CC1C(=O)Nc1ccccc1C(F)(F)F. The highest BCUT2D eigenvalue weighted by Gasteiger charge is 2.41. The molecule has 2 amide bonds. The molecular formula is C21H21F3N2O3. The van der Waals surface area contributed by atoms with Gasteiger partial charge in [0.25, 0.3) is 0 Å². The predicted octanol–water partition coefficient (Wildman–Crippen LogP) is 5.01. The van der Waals surface area contributed by atoms with Crippen LogP contribution in [0, 0.1) is 0 Å². The van der Waals surface area contributed by atoms with E-state index in [0.29, 0.717) is 5.69 Å². The van der Waals surface area contributed by atoms with E-state index in [1.165, 1.54) is 23.1 Å². The molecule has 154 valence electrons. The second-order valence-corrected chi connectivity index (χ2v) is 7.73. The maximum absolute atomic E-state index is 13.2. The fourth-order valence-corrected chi connectivity index (χ4v) is 3.19. The highest BCUT2D eigenvalue weighted by Crippen LogP contribution is 2.37. The number of halogens is 3. The van der Waals surface area contributed by atoms with Crippen molar-refractivity contribution in [1.29, 1.82) is 0 Å². The van der Waals surface area contributed by atoms with Crippen LogP contribution in [0.3, 0.4) is 0 Å². The Labute approximate surface area is 166 Å². The van der Waals surface area contributed by atoms with Crippen molar-refractivity contribution in [3.05, 3.63) is 59.7 Å². The highest BCUT2D eigenvalue weighted by atomic mass is 19.4. The molecule has 1 aliphatic rings. The van der Waals surface area contributed by atoms with E-state index in [1.54, 1.807) is 45.0 Å². The summed E-state index contributed by atoms with van der Waals surface area (Å²) in [4.78, 5) is 26.9. The Bertz CT molecular complexity index is 935. The summed E-state index contributed by atoms with van der Waals surface area (Å²) in [6, 6.07) is 10.6. The van der Waals surface area contributed by atoms with E-state index in [2.05, 4.69) is 5.32 Å². The minimum absolute atomic E-state index is 0.176. The first-order chi connectivity index (χ1) is 13.5. The quantitative estimate of drug-likeness (QED) is 0.763. The van der Waals surface area contributed by atoms with Gasteiger partial charge in [-0.3, -0.25) is 9.69 Å². The third-order valence-corrected chi connectivity index (χ3v) is 4.36. The fraction of sp³-hybridized carbons (Fsp3) is 0.333. The van der Waals surface area contributed by atoms with Crippen molar-refractivity contribution < 1.29 is 27.5 Å². The lowest BCUT2D eigenvalue weighted by Crippen LogP contribution is -2.47. The molecule has 0 aliphatic carbocycles. The van der Waals surface area contributed by atoms with E-state index < -0.39 is 35.4 Å². The van der Waals surface area contributed by atoms with Gasteiger partial charge >= 0.3 is 12.3 Å². The topological polar surface area (TPSA) is 58.6 Å². The van der Waals surface area contributed by atoms with Gasteiger partial charge in [0.05, 0.1) is 16.9 Å². The lowest BCUT2D eigenvalue weighted by atomic mass is 10.1. The molecule has 0 fully saturated rings. The molecule has 1 heterocycles. The number of rotatable bonds is 2. The van der Waals surface area contributed by atoms with Gasteiger partial charge in [-0.15, -0.1) is 0 Å². The zero-order chi connectivity index (χ0) is 21.4. The molecule has 29 heavy (non-hydrogen) atoms. The molecule has 1 unspecified atom stereocenters. The van der Waals surface area contributed by atoms with E-state index in [-0.39, 0.29) is 12.1 Å². The molecule has 8 heteroatoms. The fourth-order valence-electron chi connectivity index (χ4n) is 3.19. The number of ether oxygens (including phenoxy) is 1. The van der Waals surface area contributed by atoms with Crippen LogP contribution < -0.4 is 10.2 Å². The number of carbonyl (C=O) groups is 2. The molecule has 1 atom stereocenters. The Balaban J connectivity index is 1.91. The summed E-state index contributed by atoms with van der Waals surface area (Å²) in [7, 11) is 0. The number of nitrogens with zero attached hydrogens (tertiary/aromatic N) is 1. The number of para-hydroxylation sites is 2. The standard InChI is InChI=1S/C21H21F3N2O3/c1-20(2,3)29-19(28)26-16-11-7-4-8-13(16)12-17(26)18(27)25-15-10-6-5-9-14(15)21(22,23)24/h4-11,17H,12H2,1-3H3,(H,25,27). The Kier molecular flexibility index (Phi) is 5.30. The Morgan fingerprint density at radius 2 is 1.66 bits per heavy atom. The molecular weight excluding hydrogens is 385 g/mol. The van der Waals surface area contributed by atoms with Crippen LogP contribution in [0.4, 0.5) is 29.3 Å². The van der Waals surface area contributed by atoms with Crippen molar-refractivity contribution in [3.63, 3.8) is 0 Å². The average Bonchev–Trinajstić information content (AvgIpc) is 2.99. The normalized spacial score (nSPS) is 16.3. The number of anilines is 2. The van der Waals surface area contributed by atoms with E-state index in [4.69, 9.17) is 4.74 Å². The molecule has 0 saturated heterocycles. The van der Waals surface area contributed by atoms with Gasteiger partial charge in [0.2, 0.25) is 5.91 Å². The maximum Gasteiger partial charge on any atom is 0.418 e. The number of hydrogen-bond donors (Lipinski definition) is 1. The smallest absolute Gasteiger partial charge is 0.418 e. The van der Waals surface area contributed by atoms with Crippen molar-refractivity contribution in [2.24, 2.45) is 0 Å². The van der Waals surface area contributed by atoms with Crippen LogP contribution in [0.5, 0.6) is 0 Å². The van der Waals surface area contributed by atoms with Gasteiger partial charge < -0.3 is 10.1 Å². The lowest BCUT2D eigenvalue weighted by Gasteiger charge is -2.28. The molecule has 1 aliphatic heterocycles. The van der Waals surface area contributed by atoms with Gasteiger partial charge in [-0.2, -0.15) is 13.2 Å². The lowest BCUT2D eigenvalue weighted by molar-refractivity contribution is -0.137. The minimum Gasteiger partial charge on any atom is -0.443 e. The van der Waals surface area contributed by atoms with Crippen LogP contribution in [0.1, 0.15) is 31.9 Å². The van der Waals surface area contributed by atoms with E-state index in [0.717, 1.165) is 11.6 Å². The van der Waals surface area contributed by atoms with Crippen molar-refractivity contribution in [2.45, 2.75) is 45.0 Å². The largest absolute Gasteiger partial charge is 0.443 e. The van der Waals surface area contributed by atoms with Crippen molar-refractivity contribution in [2.75, 3.05) is 10.2 Å². The average molecular weight is 406 g/mol. The number of carbonyl (C=O) groups excluding carboxylic acids is 2. The molecule has 5 nitrogen and oxygen atoms in total. The highest BCUT2D eigenvalue weighted by molar-refractivity contribution is 6.05. The first kappa shape index (κ1) is 20.7. The monoisotopic (exact) mass is 406 g/mol. The molecule has 2 aromatic rings. The van der Waals surface area contributed by atoms with E-state index in [1.807, 2.05) is 0 Å². The number of amides is 2. The van der Waals surface area contributed by atoms with Crippen LogP contribution in [-0.2, 0) is 22.1 Å². The van der Waals surface area contributed by atoms with Crippen LogP contribution in [-0.4, -0.2) is 23.6 Å². The second-order valence-electron chi connectivity index (χ2n) is 7.73. The summed E-state index contributed by atoms with van der Waals surface area (Å²) in [6.45, 7) is 5.09. The molecule has 3 rings (SSSR count). The molecule has 0 bridgehead atoms. The molecule has 2 aromatic carbocycles. The van der Waals surface area contributed by atoms with Crippen molar-refractivity contribution in [1.82, 2.24) is 0 Å². The maximum atomic E-state index is 13.2. The molecule has 0 radical (unpaired) electrons. The Hall–Kier alpha value is -3.03. The number of alkyl halides is 3. The van der Waals surface area contributed by atoms with Gasteiger partial charge in [-0.1, -0.05) is 30.3 Å². The van der Waals surface area contributed by atoms with Gasteiger partial charge in [-0.25, -0.2) is 4.79 Å². The van der Waals surface area contributed by atoms with Crippen molar-refractivity contribution in [3.8, 4) is 0 Å². The third kappa shape index (κ3) is 4.52. The minimum atomic E-state index is -4.62. The third-order valence-electron chi connectivity index (χ3n) is 4.36. The summed E-state index contributed by atoms with van der Waals surface area (Å²) in [5.74, 6) is -0.719. The number of nitrogens with one attached hydrogen (secondary N) is 1. The Morgan fingerprint density at radius 3 is 2.31 bits per heavy atom. The predicted molar refractivity (Wildman–Crippen MR) is 103 cm³/mol. The van der Waals surface area contributed by atoms with Gasteiger partial charge in [0.1, 0.15) is 11.6 Å². The van der Waals surface area contributed by atoms with Gasteiger partial charge in [0.15, 0.2) is 0 Å². The van der Waals surface area contributed by atoms with Crippen LogP contribution in [0.25, 0.3) is 0 Å². The second kappa shape index (κ2) is 7.42. The van der Waals surface area contributed by atoms with Crippen LogP contribution in [0.2, 0.25) is 0 Å². The van der Waals surface area contributed by atoms with E-state index >= 15 is 0 Å². The first-order valence-corrected chi connectivity index (χ1v) is 9.04. The molecule has 1 N–H and O–H groups in total.